The van der Waals surface area contributed by atoms with E-state index in [9.17, 15) is 14.0 Å². The lowest BCUT2D eigenvalue weighted by atomic mass is 10.1. The van der Waals surface area contributed by atoms with E-state index in [-0.39, 0.29) is 36.8 Å². The third-order valence-corrected chi connectivity index (χ3v) is 3.11. The Morgan fingerprint density at radius 3 is 2.69 bits per heavy atom. The maximum atomic E-state index is 13.6. The molecule has 1 heterocycles. The molecule has 1 aromatic rings. The summed E-state index contributed by atoms with van der Waals surface area (Å²) >= 11 is 3.21. The number of Topliss-reactive ketones (excluding diaryl/α,β-unsaturated/α-hetero) is 1. The van der Waals surface area contributed by atoms with Crippen LogP contribution in [0.4, 0.5) is 10.1 Å². The van der Waals surface area contributed by atoms with Gasteiger partial charge in [0.05, 0.1) is 12.1 Å². The molecular formula is C11H9BrFNO2. The third-order valence-electron chi connectivity index (χ3n) is 2.47. The van der Waals surface area contributed by atoms with Crippen LogP contribution in [0.3, 0.4) is 0 Å². The predicted octanol–water partition coefficient (Wildman–Crippen LogP) is 2.28. The largest absolute Gasteiger partial charge is 0.308 e. The van der Waals surface area contributed by atoms with Crippen molar-refractivity contribution in [2.24, 2.45) is 0 Å². The standard InChI is InChI=1S/C11H9BrFNO2/c12-8-2-1-3-9(13)11(8)14-5-4-7(15)6-10(14)16/h1-3H,4-6H2. The van der Waals surface area contributed by atoms with Crippen LogP contribution in [0, 0.1) is 5.82 Å². The molecule has 0 atom stereocenters. The number of anilines is 1. The van der Waals surface area contributed by atoms with Gasteiger partial charge in [-0.1, -0.05) is 6.07 Å². The summed E-state index contributed by atoms with van der Waals surface area (Å²) < 4.78 is 14.1. The van der Waals surface area contributed by atoms with Gasteiger partial charge in [-0.15, -0.1) is 0 Å². The zero-order valence-corrected chi connectivity index (χ0v) is 9.96. The zero-order valence-electron chi connectivity index (χ0n) is 8.37. The Bertz CT molecular complexity index is 441. The second-order valence-corrected chi connectivity index (χ2v) is 4.44. The monoisotopic (exact) mass is 285 g/mol. The van der Waals surface area contributed by atoms with E-state index in [1.54, 1.807) is 12.1 Å². The molecule has 1 amide bonds. The molecule has 1 aromatic carbocycles. The van der Waals surface area contributed by atoms with Gasteiger partial charge < -0.3 is 4.90 Å². The highest BCUT2D eigenvalue weighted by molar-refractivity contribution is 9.10. The Labute approximate surface area is 100 Å². The van der Waals surface area contributed by atoms with Gasteiger partial charge in [-0.25, -0.2) is 4.39 Å². The molecular weight excluding hydrogens is 277 g/mol. The summed E-state index contributed by atoms with van der Waals surface area (Å²) in [6.07, 6.45) is 0.146. The van der Waals surface area contributed by atoms with Crippen molar-refractivity contribution in [1.29, 1.82) is 0 Å². The molecule has 1 fully saturated rings. The van der Waals surface area contributed by atoms with E-state index in [4.69, 9.17) is 0 Å². The number of para-hydroxylation sites is 1. The van der Waals surface area contributed by atoms with Gasteiger partial charge in [-0.05, 0) is 28.1 Å². The van der Waals surface area contributed by atoms with Gasteiger partial charge in [0.1, 0.15) is 11.6 Å². The molecule has 16 heavy (non-hydrogen) atoms. The number of carbonyl (C=O) groups excluding carboxylic acids is 2. The minimum atomic E-state index is -0.461. The van der Waals surface area contributed by atoms with Gasteiger partial charge in [-0.2, -0.15) is 0 Å². The van der Waals surface area contributed by atoms with Crippen LogP contribution >= 0.6 is 15.9 Å². The van der Waals surface area contributed by atoms with Crippen molar-refractivity contribution in [2.45, 2.75) is 12.8 Å². The number of benzene rings is 1. The fourth-order valence-corrected chi connectivity index (χ4v) is 2.25. The van der Waals surface area contributed by atoms with Crippen LogP contribution in [-0.2, 0) is 9.59 Å². The SMILES string of the molecule is O=C1CCN(c2c(F)cccc2Br)C(=O)C1. The van der Waals surface area contributed by atoms with Gasteiger partial charge in [-0.3, -0.25) is 9.59 Å². The summed E-state index contributed by atoms with van der Waals surface area (Å²) in [6.45, 7) is 0.247. The first-order valence-electron chi connectivity index (χ1n) is 4.85. The lowest BCUT2D eigenvalue weighted by molar-refractivity contribution is -0.128. The average molecular weight is 286 g/mol. The Morgan fingerprint density at radius 2 is 2.06 bits per heavy atom. The molecule has 0 N–H and O–H groups in total. The molecule has 1 saturated heterocycles. The smallest absolute Gasteiger partial charge is 0.234 e. The van der Waals surface area contributed by atoms with Gasteiger partial charge in [0.25, 0.3) is 0 Å². The third kappa shape index (κ3) is 2.00. The van der Waals surface area contributed by atoms with Crippen molar-refractivity contribution in [2.75, 3.05) is 11.4 Å². The Hall–Kier alpha value is -1.23. The molecule has 0 saturated carbocycles. The van der Waals surface area contributed by atoms with Crippen molar-refractivity contribution < 1.29 is 14.0 Å². The summed E-state index contributed by atoms with van der Waals surface area (Å²) in [7, 11) is 0. The fourth-order valence-electron chi connectivity index (χ4n) is 1.70. The van der Waals surface area contributed by atoms with Crippen molar-refractivity contribution in [3.05, 3.63) is 28.5 Å². The Kier molecular flexibility index (Phi) is 3.05. The molecule has 84 valence electrons. The molecule has 1 aliphatic heterocycles. The minimum absolute atomic E-state index is 0.0892. The quantitative estimate of drug-likeness (QED) is 0.743. The van der Waals surface area contributed by atoms with E-state index in [0.717, 1.165) is 0 Å². The molecule has 2 rings (SSSR count). The second-order valence-electron chi connectivity index (χ2n) is 3.58. The van der Waals surface area contributed by atoms with E-state index >= 15 is 0 Å². The van der Waals surface area contributed by atoms with Crippen molar-refractivity contribution in [3.8, 4) is 0 Å². The first kappa shape index (κ1) is 11.3. The van der Waals surface area contributed by atoms with Gasteiger partial charge in [0.15, 0.2) is 0 Å². The molecule has 0 bridgehead atoms. The van der Waals surface area contributed by atoms with Crippen LogP contribution in [0.25, 0.3) is 0 Å². The molecule has 0 radical (unpaired) electrons. The molecule has 3 nitrogen and oxygen atoms in total. The number of hydrogen-bond donors (Lipinski definition) is 0. The fraction of sp³-hybridized carbons (Fsp3) is 0.273. The second kappa shape index (κ2) is 4.33. The molecule has 0 aromatic heterocycles. The van der Waals surface area contributed by atoms with E-state index in [0.29, 0.717) is 4.47 Å². The molecule has 0 unspecified atom stereocenters. The summed E-state index contributed by atoms with van der Waals surface area (Å²) in [5.74, 6) is -0.896. The number of ketones is 1. The first-order valence-corrected chi connectivity index (χ1v) is 5.65. The summed E-state index contributed by atoms with van der Waals surface area (Å²) in [6, 6.07) is 4.52. The van der Waals surface area contributed by atoms with Crippen LogP contribution in [0.2, 0.25) is 0 Å². The highest BCUT2D eigenvalue weighted by Crippen LogP contribution is 2.31. The minimum Gasteiger partial charge on any atom is -0.308 e. The maximum Gasteiger partial charge on any atom is 0.234 e. The van der Waals surface area contributed by atoms with Gasteiger partial charge in [0, 0.05) is 17.4 Å². The normalized spacial score (nSPS) is 16.8. The van der Waals surface area contributed by atoms with Gasteiger partial charge >= 0.3 is 0 Å². The molecule has 1 aliphatic rings. The summed E-state index contributed by atoms with van der Waals surface area (Å²) in [4.78, 5) is 24.0. The number of piperidine rings is 1. The average Bonchev–Trinajstić information content (AvgIpc) is 2.20. The molecule has 5 heteroatoms. The van der Waals surface area contributed by atoms with E-state index in [1.165, 1.54) is 11.0 Å². The summed E-state index contributed by atoms with van der Waals surface area (Å²) in [5, 5.41) is 0. The highest BCUT2D eigenvalue weighted by atomic mass is 79.9. The van der Waals surface area contributed by atoms with Crippen molar-refractivity contribution in [3.63, 3.8) is 0 Å². The van der Waals surface area contributed by atoms with Crippen molar-refractivity contribution in [1.82, 2.24) is 0 Å². The number of carbonyl (C=O) groups is 2. The molecule has 0 aliphatic carbocycles. The summed E-state index contributed by atoms with van der Waals surface area (Å²) in [5.41, 5.74) is 0.222. The maximum absolute atomic E-state index is 13.6. The highest BCUT2D eigenvalue weighted by Gasteiger charge is 2.27. The lowest BCUT2D eigenvalue weighted by Crippen LogP contribution is -2.39. The Morgan fingerprint density at radius 1 is 1.31 bits per heavy atom. The van der Waals surface area contributed by atoms with Gasteiger partial charge in [0.2, 0.25) is 5.91 Å². The number of amides is 1. The zero-order chi connectivity index (χ0) is 11.7. The van der Waals surface area contributed by atoms with Crippen LogP contribution in [0.1, 0.15) is 12.8 Å². The number of halogens is 2. The van der Waals surface area contributed by atoms with Crippen LogP contribution < -0.4 is 4.90 Å². The number of hydrogen-bond acceptors (Lipinski definition) is 2. The number of rotatable bonds is 1. The lowest BCUT2D eigenvalue weighted by Gasteiger charge is -2.27. The first-order chi connectivity index (χ1) is 7.59. The van der Waals surface area contributed by atoms with E-state index in [2.05, 4.69) is 15.9 Å². The van der Waals surface area contributed by atoms with Crippen molar-refractivity contribution >= 4 is 33.3 Å². The van der Waals surface area contributed by atoms with Crippen LogP contribution in [0.15, 0.2) is 22.7 Å². The topological polar surface area (TPSA) is 37.4 Å². The predicted molar refractivity (Wildman–Crippen MR) is 60.7 cm³/mol. The van der Waals surface area contributed by atoms with E-state index < -0.39 is 5.82 Å². The number of nitrogens with zero attached hydrogens (tertiary/aromatic N) is 1. The van der Waals surface area contributed by atoms with E-state index in [1.807, 2.05) is 0 Å². The molecule has 0 spiro atoms. The van der Waals surface area contributed by atoms with Crippen LogP contribution in [0.5, 0.6) is 0 Å². The Balaban J connectivity index is 2.37. The van der Waals surface area contributed by atoms with Crippen LogP contribution in [-0.4, -0.2) is 18.2 Å².